The lowest BCUT2D eigenvalue weighted by atomic mass is 10.1. The van der Waals surface area contributed by atoms with Crippen LogP contribution in [0.5, 0.6) is 5.75 Å². The van der Waals surface area contributed by atoms with Gasteiger partial charge in [0, 0.05) is 5.69 Å². The first-order valence-electron chi connectivity index (χ1n) is 5.88. The van der Waals surface area contributed by atoms with Crippen LogP contribution < -0.4 is 15.8 Å². The minimum absolute atomic E-state index is 0. The maximum Gasteiger partial charge on any atom is 0.194 e. The van der Waals surface area contributed by atoms with Crippen molar-refractivity contribution in [2.24, 2.45) is 16.6 Å². The molecule has 0 saturated carbocycles. The average molecular weight is 408 g/mol. The number of aliphatic imine (C=N–C) groups is 1. The maximum atomic E-state index is 6.02. The molecule has 0 heterocycles. The molecule has 0 spiro atoms. The number of hydrogen-bond donors (Lipinski definition) is 2. The summed E-state index contributed by atoms with van der Waals surface area (Å²) in [5.74, 6) is 3.69. The molecule has 6 heteroatoms. The van der Waals surface area contributed by atoms with E-state index in [0.29, 0.717) is 10.8 Å². The van der Waals surface area contributed by atoms with Crippen LogP contribution in [0.4, 0.5) is 5.69 Å². The number of nitrogens with two attached hydrogens (primary N) is 1. The summed E-state index contributed by atoms with van der Waals surface area (Å²) in [5, 5.41) is 3.44. The van der Waals surface area contributed by atoms with Crippen molar-refractivity contribution in [1.29, 1.82) is 0 Å². The zero-order valence-electron chi connectivity index (χ0n) is 11.7. The molecule has 1 aromatic rings. The van der Waals surface area contributed by atoms with Gasteiger partial charge in [-0.2, -0.15) is 0 Å². The van der Waals surface area contributed by atoms with Crippen LogP contribution in [0.15, 0.2) is 23.2 Å². The van der Waals surface area contributed by atoms with Crippen LogP contribution in [0.1, 0.15) is 13.8 Å². The number of halogens is 2. The molecular weight excluding hydrogens is 389 g/mol. The van der Waals surface area contributed by atoms with E-state index < -0.39 is 0 Å². The zero-order valence-corrected chi connectivity index (χ0v) is 14.8. The van der Waals surface area contributed by atoms with Gasteiger partial charge < -0.3 is 15.8 Å². The third kappa shape index (κ3) is 5.47. The van der Waals surface area contributed by atoms with Gasteiger partial charge in [-0.1, -0.05) is 31.4 Å². The molecule has 1 atom stereocenters. The second-order valence-corrected chi connectivity index (χ2v) is 4.75. The summed E-state index contributed by atoms with van der Waals surface area (Å²) in [6, 6.07) is 5.01. The lowest BCUT2D eigenvalue weighted by molar-refractivity contribution is 0.415. The van der Waals surface area contributed by atoms with E-state index in [0.717, 1.165) is 5.69 Å². The van der Waals surface area contributed by atoms with Gasteiger partial charge in [0.2, 0.25) is 0 Å². The first kappa shape index (κ1) is 18.9. The Bertz CT molecular complexity index is 512. The molecule has 110 valence electrons. The summed E-state index contributed by atoms with van der Waals surface area (Å²) < 4.78 is 5.07. The summed E-state index contributed by atoms with van der Waals surface area (Å²) in [5.41, 5.74) is 6.54. The predicted octanol–water partition coefficient (Wildman–Crippen LogP) is 3.35. The van der Waals surface area contributed by atoms with Crippen LogP contribution >= 0.6 is 35.6 Å². The number of terminal acetylenes is 1. The Hall–Kier alpha value is -1.13. The van der Waals surface area contributed by atoms with Gasteiger partial charge in [-0.05, 0) is 24.1 Å². The van der Waals surface area contributed by atoms with E-state index in [9.17, 15) is 0 Å². The highest BCUT2D eigenvalue weighted by Crippen LogP contribution is 2.27. The number of ether oxygens (including phenoxy) is 1. The predicted molar refractivity (Wildman–Crippen MR) is 96.1 cm³/mol. The van der Waals surface area contributed by atoms with Gasteiger partial charge in [-0.25, -0.2) is 4.99 Å². The lowest BCUT2D eigenvalue weighted by Gasteiger charge is -2.12. The van der Waals surface area contributed by atoms with Crippen molar-refractivity contribution in [3.63, 3.8) is 0 Å². The van der Waals surface area contributed by atoms with Gasteiger partial charge in [-0.3, -0.25) is 0 Å². The van der Waals surface area contributed by atoms with E-state index in [1.165, 1.54) is 0 Å². The SMILES string of the molecule is C#CC(N=C(N)Nc1ccc(OC)c(Cl)c1)C(C)C.I. The second kappa shape index (κ2) is 8.93. The summed E-state index contributed by atoms with van der Waals surface area (Å²) in [6.07, 6.45) is 5.40. The van der Waals surface area contributed by atoms with Gasteiger partial charge in [0.1, 0.15) is 11.8 Å². The highest BCUT2D eigenvalue weighted by Gasteiger charge is 2.09. The Kier molecular flexibility index (Phi) is 8.42. The van der Waals surface area contributed by atoms with Crippen molar-refractivity contribution in [1.82, 2.24) is 0 Å². The Labute approximate surface area is 142 Å². The van der Waals surface area contributed by atoms with Gasteiger partial charge in [0.25, 0.3) is 0 Å². The highest BCUT2D eigenvalue weighted by atomic mass is 127. The van der Waals surface area contributed by atoms with Crippen molar-refractivity contribution < 1.29 is 4.74 Å². The number of anilines is 1. The molecule has 0 amide bonds. The maximum absolute atomic E-state index is 6.02. The molecule has 3 N–H and O–H groups in total. The number of nitrogens with zero attached hydrogens (tertiary/aromatic N) is 1. The largest absolute Gasteiger partial charge is 0.495 e. The van der Waals surface area contributed by atoms with Crippen molar-refractivity contribution >= 4 is 47.2 Å². The average Bonchev–Trinajstić information content (AvgIpc) is 2.35. The molecule has 20 heavy (non-hydrogen) atoms. The van der Waals surface area contributed by atoms with Gasteiger partial charge in [0.05, 0.1) is 12.1 Å². The third-order valence-electron chi connectivity index (χ3n) is 2.50. The normalized spacial score (nSPS) is 12.3. The zero-order chi connectivity index (χ0) is 14.4. The summed E-state index contributed by atoms with van der Waals surface area (Å²) >= 11 is 6.02. The summed E-state index contributed by atoms with van der Waals surface area (Å²) in [6.45, 7) is 3.98. The van der Waals surface area contributed by atoms with Gasteiger partial charge in [-0.15, -0.1) is 30.4 Å². The van der Waals surface area contributed by atoms with Crippen LogP contribution in [0.3, 0.4) is 0 Å². The fourth-order valence-electron chi connectivity index (χ4n) is 1.45. The summed E-state index contributed by atoms with van der Waals surface area (Å²) in [4.78, 5) is 4.23. The van der Waals surface area contributed by atoms with E-state index >= 15 is 0 Å². The Morgan fingerprint density at radius 1 is 1.50 bits per heavy atom. The van der Waals surface area contributed by atoms with E-state index in [2.05, 4.69) is 16.2 Å². The minimum Gasteiger partial charge on any atom is -0.495 e. The van der Waals surface area contributed by atoms with E-state index in [-0.39, 0.29) is 41.9 Å². The molecule has 0 radical (unpaired) electrons. The van der Waals surface area contributed by atoms with Crippen LogP contribution in [-0.2, 0) is 0 Å². The number of hydrogen-bond acceptors (Lipinski definition) is 2. The Morgan fingerprint density at radius 2 is 2.15 bits per heavy atom. The number of methoxy groups -OCH3 is 1. The topological polar surface area (TPSA) is 59.6 Å². The molecule has 0 aliphatic carbocycles. The molecule has 1 unspecified atom stereocenters. The van der Waals surface area contributed by atoms with Crippen molar-refractivity contribution in [2.45, 2.75) is 19.9 Å². The van der Waals surface area contributed by atoms with Crippen LogP contribution in [0, 0.1) is 18.3 Å². The van der Waals surface area contributed by atoms with Crippen molar-refractivity contribution in [3.8, 4) is 18.1 Å². The molecule has 0 fully saturated rings. The van der Waals surface area contributed by atoms with Gasteiger partial charge >= 0.3 is 0 Å². The molecule has 0 aromatic heterocycles. The quantitative estimate of drug-likeness (QED) is 0.348. The molecule has 0 saturated heterocycles. The molecular formula is C14H19ClIN3O. The fraction of sp³-hybridized carbons (Fsp3) is 0.357. The highest BCUT2D eigenvalue weighted by molar-refractivity contribution is 14.0. The smallest absolute Gasteiger partial charge is 0.194 e. The first-order chi connectivity index (χ1) is 8.97. The third-order valence-corrected chi connectivity index (χ3v) is 2.80. The van der Waals surface area contributed by atoms with Crippen LogP contribution in [-0.4, -0.2) is 19.1 Å². The Balaban J connectivity index is 0.00000361. The standard InChI is InChI=1S/C14H18ClN3O.HI/c1-5-12(9(2)3)18-14(16)17-10-6-7-13(19-4)11(15)8-10;/h1,6-9,12H,2-4H3,(H3,16,17,18);1H. The van der Waals surface area contributed by atoms with Crippen molar-refractivity contribution in [3.05, 3.63) is 23.2 Å². The molecule has 4 nitrogen and oxygen atoms in total. The van der Waals surface area contributed by atoms with E-state index in [4.69, 9.17) is 28.5 Å². The van der Waals surface area contributed by atoms with E-state index in [1.807, 2.05) is 13.8 Å². The molecule has 1 aromatic carbocycles. The molecule has 0 aliphatic heterocycles. The Morgan fingerprint density at radius 3 is 2.60 bits per heavy atom. The number of rotatable bonds is 4. The van der Waals surface area contributed by atoms with E-state index in [1.54, 1.807) is 25.3 Å². The van der Waals surface area contributed by atoms with Crippen LogP contribution in [0.2, 0.25) is 5.02 Å². The molecule has 0 bridgehead atoms. The van der Waals surface area contributed by atoms with Crippen LogP contribution in [0.25, 0.3) is 0 Å². The molecule has 1 rings (SSSR count). The number of guanidine groups is 1. The fourth-order valence-corrected chi connectivity index (χ4v) is 1.71. The monoisotopic (exact) mass is 407 g/mol. The first-order valence-corrected chi connectivity index (χ1v) is 6.25. The number of nitrogens with one attached hydrogen (secondary N) is 1. The van der Waals surface area contributed by atoms with Gasteiger partial charge in [0.15, 0.2) is 5.96 Å². The minimum atomic E-state index is -0.249. The van der Waals surface area contributed by atoms with Crippen molar-refractivity contribution in [2.75, 3.05) is 12.4 Å². The lowest BCUT2D eigenvalue weighted by Crippen LogP contribution is -2.26. The summed E-state index contributed by atoms with van der Waals surface area (Å²) in [7, 11) is 1.56. The number of benzene rings is 1. The molecule has 0 aliphatic rings. The second-order valence-electron chi connectivity index (χ2n) is 4.34.